The zero-order valence-electron chi connectivity index (χ0n) is 58.5. The summed E-state index contributed by atoms with van der Waals surface area (Å²) >= 11 is 1.21. The molecular weight excluding hydrogens is 1460 g/mol. The predicted octanol–water partition coefficient (Wildman–Crippen LogP) is -2.27. The molecule has 12 atom stereocenters. The number of amides is 12. The van der Waals surface area contributed by atoms with Crippen LogP contribution in [-0.2, 0) is 97.6 Å². The van der Waals surface area contributed by atoms with Crippen LogP contribution >= 0.6 is 33.3 Å². The van der Waals surface area contributed by atoms with Crippen molar-refractivity contribution in [3.63, 3.8) is 0 Å². The summed E-state index contributed by atoms with van der Waals surface area (Å²) in [4.78, 5) is 208. The van der Waals surface area contributed by atoms with Crippen LogP contribution in [0.15, 0.2) is 103 Å². The normalized spacial score (nSPS) is 19.5. The first-order valence-electron chi connectivity index (χ1n) is 33.3. The molecule has 1 heterocycles. The van der Waals surface area contributed by atoms with Gasteiger partial charge >= 0.3 is 17.9 Å². The summed E-state index contributed by atoms with van der Waals surface area (Å²) in [6, 6.07) is 4.80. The van der Waals surface area contributed by atoms with Crippen LogP contribution in [0.5, 0.6) is 17.2 Å². The van der Waals surface area contributed by atoms with E-state index in [0.717, 1.165) is 21.6 Å². The average molecular weight is 1540 g/mol. The number of carboxylic acids is 3. The molecule has 576 valence electrons. The Morgan fingerprint density at radius 1 is 0.561 bits per heavy atom. The second kappa shape index (κ2) is 43.4. The standard InChI is InChI=1S/C70H87N13O21S3/c1-6-10-47(70(103)104)76-69(102)58(36(2)3)83-66(99)52(32-57(90)91)80-62(95)46(25-26-105-5)75-65(98)50(30-41-17-23-44(86)24-18-41)78-67(100)53-34-106-107-35-54(82-60(93)45(71)27-39-13-19-42(84)20-14-39)68(101)79-51(31-56(88)89)61(94)72-33-55(87)74-48(28-38-11-8-7-9-12-38)64(97)77-49(29-40-15-21-43(85)22-16-40)63(96)73-37(4)59(92)81-53/h1,7-9,11-24,36-37,45-54,58,84-86H,10,25-35,71H2,2-5H3,(H,72,94)(H,73,96)(H,74,87)(H,75,98)(H,76,102)(H,77,97)(H,78,100)(H,79,101)(H,80,95)(H,81,92)(H,82,93)(H,83,99)(H,88,89)(H,90,91)(H,103,104)/t37-,45-,46-,47-,48-,49+,50-,51-,52-,53-,54-,58-/m0/s1. The minimum atomic E-state index is -1.95. The lowest BCUT2D eigenvalue weighted by atomic mass is 10.0. The lowest BCUT2D eigenvalue weighted by molar-refractivity contribution is -0.143. The number of aromatic hydroxyl groups is 3. The van der Waals surface area contributed by atoms with Crippen LogP contribution < -0.4 is 69.5 Å². The highest BCUT2D eigenvalue weighted by molar-refractivity contribution is 8.76. The van der Waals surface area contributed by atoms with Crippen molar-refractivity contribution in [3.05, 3.63) is 125 Å². The van der Waals surface area contributed by atoms with E-state index in [-0.39, 0.29) is 54.2 Å². The van der Waals surface area contributed by atoms with Gasteiger partial charge in [-0.05, 0) is 96.3 Å². The maximum absolute atomic E-state index is 15.1. The molecule has 4 aromatic rings. The topological polar surface area (TPSA) is 548 Å². The molecule has 34 nitrogen and oxygen atoms in total. The molecular formula is C70H87N13O21S3. The minimum absolute atomic E-state index is 0.0918. The summed E-state index contributed by atoms with van der Waals surface area (Å²) in [5.74, 6) is -17.6. The Kier molecular flexibility index (Phi) is 35.1. The molecule has 1 saturated heterocycles. The third-order valence-electron chi connectivity index (χ3n) is 16.1. The molecule has 1 aliphatic rings. The van der Waals surface area contributed by atoms with Crippen molar-refractivity contribution < 1.29 is 103 Å². The number of benzene rings is 4. The first-order valence-corrected chi connectivity index (χ1v) is 37.2. The third kappa shape index (κ3) is 29.8. The fraction of sp³-hybridized carbons (Fsp3) is 0.414. The Bertz CT molecular complexity index is 3850. The van der Waals surface area contributed by atoms with Crippen molar-refractivity contribution in [2.24, 2.45) is 11.7 Å². The van der Waals surface area contributed by atoms with E-state index in [1.165, 1.54) is 105 Å². The first kappa shape index (κ1) is 86.5. The fourth-order valence-electron chi connectivity index (χ4n) is 10.3. The second-order valence-corrected chi connectivity index (χ2v) is 28.5. The minimum Gasteiger partial charge on any atom is -0.508 e. The van der Waals surface area contributed by atoms with Crippen LogP contribution in [0.1, 0.15) is 68.7 Å². The van der Waals surface area contributed by atoms with Gasteiger partial charge in [-0.1, -0.05) is 102 Å². The van der Waals surface area contributed by atoms with E-state index in [0.29, 0.717) is 16.7 Å². The van der Waals surface area contributed by atoms with Crippen molar-refractivity contribution in [2.45, 2.75) is 145 Å². The Morgan fingerprint density at radius 2 is 1.07 bits per heavy atom. The maximum atomic E-state index is 15.1. The Balaban J connectivity index is 1.57. The number of nitrogens with two attached hydrogens (primary N) is 1. The summed E-state index contributed by atoms with van der Waals surface area (Å²) in [6.07, 6.45) is 3.04. The van der Waals surface area contributed by atoms with E-state index in [9.17, 15) is 97.8 Å². The highest BCUT2D eigenvalue weighted by Gasteiger charge is 2.38. The third-order valence-corrected chi connectivity index (χ3v) is 19.2. The number of carbonyl (C=O) groups excluding carboxylic acids is 12. The molecule has 37 heteroatoms. The van der Waals surface area contributed by atoms with Gasteiger partial charge in [0.25, 0.3) is 0 Å². The summed E-state index contributed by atoms with van der Waals surface area (Å²) in [6.45, 7) is 3.28. The Labute approximate surface area is 626 Å². The molecule has 1 fully saturated rings. The molecule has 4 aromatic carbocycles. The van der Waals surface area contributed by atoms with Gasteiger partial charge in [0, 0.05) is 37.2 Å². The summed E-state index contributed by atoms with van der Waals surface area (Å²) in [5, 5.41) is 89.0. The molecule has 20 N–H and O–H groups in total. The zero-order chi connectivity index (χ0) is 79.0. The number of hydrogen-bond acceptors (Lipinski definition) is 22. The monoisotopic (exact) mass is 1540 g/mol. The molecule has 0 spiro atoms. The number of nitrogens with one attached hydrogen (secondary N) is 12. The Hall–Kier alpha value is -11.1. The molecule has 1 aliphatic heterocycles. The Morgan fingerprint density at radius 3 is 1.64 bits per heavy atom. The molecule has 0 saturated carbocycles. The van der Waals surface area contributed by atoms with E-state index in [4.69, 9.17) is 12.2 Å². The number of hydrogen-bond donors (Lipinski definition) is 19. The van der Waals surface area contributed by atoms with E-state index < -0.39 is 211 Å². The van der Waals surface area contributed by atoms with E-state index in [1.807, 2.05) is 0 Å². The first-order chi connectivity index (χ1) is 50.7. The van der Waals surface area contributed by atoms with Gasteiger partial charge in [0.2, 0.25) is 70.9 Å². The number of terminal acetylenes is 1. The van der Waals surface area contributed by atoms with Crippen molar-refractivity contribution in [2.75, 3.05) is 30.1 Å². The molecule has 0 radical (unpaired) electrons. The predicted molar refractivity (Wildman–Crippen MR) is 392 cm³/mol. The van der Waals surface area contributed by atoms with Gasteiger partial charge in [-0.2, -0.15) is 11.8 Å². The van der Waals surface area contributed by atoms with E-state index in [1.54, 1.807) is 36.6 Å². The molecule has 0 unspecified atom stereocenters. The second-order valence-electron chi connectivity index (χ2n) is 25.0. The summed E-state index contributed by atoms with van der Waals surface area (Å²) in [5.41, 5.74) is 7.95. The SMILES string of the molecule is C#CC[C@H](NC(=O)[C@@H](NC(=O)[C@H](CC(=O)O)NC(=O)[C@H](CCSC)NC(=O)[C@H](Cc1ccc(O)cc1)NC(=O)[C@@H]1CSSC[C@H](NC(=O)[C@@H](N)Cc2ccc(O)cc2)C(=O)N[C@@H](CC(=O)O)C(=O)NCC(=O)N[C@@H](Cc2ccccc2)C(=O)N[C@H](Cc2ccc(O)cc2)C(=O)N[C@@H](C)C(=O)N1)C(C)C)C(=O)O. The van der Waals surface area contributed by atoms with Gasteiger partial charge in [-0.3, -0.25) is 67.1 Å². The van der Waals surface area contributed by atoms with E-state index in [2.05, 4.69) is 69.7 Å². The van der Waals surface area contributed by atoms with Crippen molar-refractivity contribution in [1.29, 1.82) is 0 Å². The molecule has 12 amide bonds. The molecule has 0 aromatic heterocycles. The van der Waals surface area contributed by atoms with Gasteiger partial charge in [0.05, 0.1) is 25.4 Å². The number of aliphatic carboxylic acids is 3. The summed E-state index contributed by atoms with van der Waals surface area (Å²) < 4.78 is 0. The van der Waals surface area contributed by atoms with Gasteiger partial charge in [0.1, 0.15) is 83.7 Å². The van der Waals surface area contributed by atoms with Crippen LogP contribution in [0.3, 0.4) is 0 Å². The quantitative estimate of drug-likeness (QED) is 0.0193. The zero-order valence-corrected chi connectivity index (χ0v) is 60.9. The van der Waals surface area contributed by atoms with Crippen LogP contribution in [0.25, 0.3) is 0 Å². The summed E-state index contributed by atoms with van der Waals surface area (Å²) in [7, 11) is 1.55. The average Bonchev–Trinajstić information content (AvgIpc) is 0.949. The number of carbonyl (C=O) groups is 15. The number of phenolic OH excluding ortho intramolecular Hbond substituents is 3. The molecule has 0 aliphatic carbocycles. The maximum Gasteiger partial charge on any atom is 0.327 e. The number of carboxylic acid groups (broad SMARTS) is 3. The largest absolute Gasteiger partial charge is 0.508 e. The van der Waals surface area contributed by atoms with Gasteiger partial charge in [-0.25, -0.2) is 4.79 Å². The smallest absolute Gasteiger partial charge is 0.327 e. The number of rotatable bonds is 30. The molecule has 107 heavy (non-hydrogen) atoms. The van der Waals surface area contributed by atoms with Crippen LogP contribution in [-0.4, -0.2) is 222 Å². The van der Waals surface area contributed by atoms with Crippen molar-refractivity contribution in [1.82, 2.24) is 63.8 Å². The van der Waals surface area contributed by atoms with Crippen LogP contribution in [0.4, 0.5) is 0 Å². The lowest BCUT2D eigenvalue weighted by Gasteiger charge is -2.28. The molecule has 5 rings (SSSR count). The number of phenols is 3. The van der Waals surface area contributed by atoms with E-state index >= 15 is 4.79 Å². The van der Waals surface area contributed by atoms with Crippen LogP contribution in [0, 0.1) is 18.3 Å². The number of thioether (sulfide) groups is 1. The van der Waals surface area contributed by atoms with Gasteiger partial charge < -0.3 is 100 Å². The highest BCUT2D eigenvalue weighted by Crippen LogP contribution is 2.25. The van der Waals surface area contributed by atoms with Gasteiger partial charge in [-0.15, -0.1) is 12.3 Å². The van der Waals surface area contributed by atoms with Crippen molar-refractivity contribution >= 4 is 122 Å². The fourth-order valence-corrected chi connectivity index (χ4v) is 13.1. The molecule has 0 bridgehead atoms. The van der Waals surface area contributed by atoms with Gasteiger partial charge in [0.15, 0.2) is 0 Å². The lowest BCUT2D eigenvalue weighted by Crippen LogP contribution is -2.61. The highest BCUT2D eigenvalue weighted by atomic mass is 33.1. The van der Waals surface area contributed by atoms with Crippen molar-refractivity contribution in [3.8, 4) is 29.6 Å². The van der Waals surface area contributed by atoms with Crippen LogP contribution in [0.2, 0.25) is 0 Å².